The molecule has 0 aromatic carbocycles. The fraction of sp³-hybridized carbons (Fsp3) is 0.385. The summed E-state index contributed by atoms with van der Waals surface area (Å²) in [6.07, 6.45) is 4.15. The molecule has 1 unspecified atom stereocenters. The lowest BCUT2D eigenvalue weighted by atomic mass is 10.1. The number of aryl methyl sites for hydroxylation is 1. The molecule has 2 aromatic heterocycles. The maximum Gasteiger partial charge on any atom is 0.326 e. The Morgan fingerprint density at radius 3 is 2.90 bits per heavy atom. The molecule has 0 saturated heterocycles. The van der Waals surface area contributed by atoms with Crippen molar-refractivity contribution in [3.63, 3.8) is 0 Å². The van der Waals surface area contributed by atoms with Gasteiger partial charge in [-0.3, -0.25) is 4.79 Å². The van der Waals surface area contributed by atoms with Crippen LogP contribution >= 0.6 is 0 Å². The topological polar surface area (TPSA) is 96.6 Å². The molecule has 0 aliphatic carbocycles. The number of carboxylic acid groups (broad SMARTS) is 1. The van der Waals surface area contributed by atoms with Crippen LogP contribution in [0.5, 0.6) is 0 Å². The minimum atomic E-state index is -1.04. The molecule has 0 radical (unpaired) electrons. The summed E-state index contributed by atoms with van der Waals surface area (Å²) in [5.41, 5.74) is 1.45. The number of carbonyl (C=O) groups is 2. The van der Waals surface area contributed by atoms with Crippen LogP contribution in [0.1, 0.15) is 35.8 Å². The Kier molecular flexibility index (Phi) is 3.97. The summed E-state index contributed by atoms with van der Waals surface area (Å²) in [4.78, 5) is 27.5. The molecule has 2 heterocycles. The molecule has 20 heavy (non-hydrogen) atoms. The lowest BCUT2D eigenvalue weighted by molar-refractivity contribution is -0.139. The molecule has 106 valence electrons. The number of nitrogens with zero attached hydrogens (tertiary/aromatic N) is 3. The average molecular weight is 276 g/mol. The molecule has 2 aromatic rings. The third-order valence-electron chi connectivity index (χ3n) is 2.93. The first-order valence-corrected chi connectivity index (χ1v) is 6.37. The fourth-order valence-electron chi connectivity index (χ4n) is 1.90. The zero-order chi connectivity index (χ0) is 14.7. The summed E-state index contributed by atoms with van der Waals surface area (Å²) in [6, 6.07) is 0.881. The van der Waals surface area contributed by atoms with E-state index in [4.69, 9.17) is 5.11 Å². The van der Waals surface area contributed by atoms with E-state index >= 15 is 0 Å². The maximum absolute atomic E-state index is 12.2. The van der Waals surface area contributed by atoms with Crippen LogP contribution in [0, 0.1) is 6.92 Å². The standard InChI is InChI=1S/C13H16N4O3/c1-3-4-10(13(19)20)16-12(18)9-7-14-17-6-5-8(2)15-11(9)17/h5-7,10H,3-4H2,1-2H3,(H,16,18)(H,19,20). The second kappa shape index (κ2) is 5.68. The minimum absolute atomic E-state index is 0.274. The molecule has 1 amide bonds. The van der Waals surface area contributed by atoms with Gasteiger partial charge in [-0.25, -0.2) is 14.3 Å². The van der Waals surface area contributed by atoms with Crippen molar-refractivity contribution in [2.24, 2.45) is 0 Å². The van der Waals surface area contributed by atoms with E-state index < -0.39 is 17.9 Å². The summed E-state index contributed by atoms with van der Waals surface area (Å²) in [5.74, 6) is -1.51. The SMILES string of the molecule is CCCC(NC(=O)c1cnn2ccc(C)nc12)C(=O)O. The summed E-state index contributed by atoms with van der Waals surface area (Å²) in [6.45, 7) is 3.67. The van der Waals surface area contributed by atoms with Gasteiger partial charge in [-0.05, 0) is 19.4 Å². The molecule has 7 heteroatoms. The monoisotopic (exact) mass is 276 g/mol. The first kappa shape index (κ1) is 14.0. The van der Waals surface area contributed by atoms with Crippen molar-refractivity contribution in [3.8, 4) is 0 Å². The predicted octanol–water partition coefficient (Wildman–Crippen LogP) is 1.02. The largest absolute Gasteiger partial charge is 0.480 e. The minimum Gasteiger partial charge on any atom is -0.480 e. The average Bonchev–Trinajstić information content (AvgIpc) is 2.80. The van der Waals surface area contributed by atoms with Crippen LogP contribution < -0.4 is 5.32 Å². The maximum atomic E-state index is 12.2. The van der Waals surface area contributed by atoms with Crippen molar-refractivity contribution in [1.29, 1.82) is 0 Å². The van der Waals surface area contributed by atoms with E-state index in [0.717, 1.165) is 5.69 Å². The highest BCUT2D eigenvalue weighted by Crippen LogP contribution is 2.09. The summed E-state index contributed by atoms with van der Waals surface area (Å²) in [5, 5.41) is 15.6. The highest BCUT2D eigenvalue weighted by atomic mass is 16.4. The quantitative estimate of drug-likeness (QED) is 0.850. The van der Waals surface area contributed by atoms with E-state index in [1.54, 1.807) is 12.3 Å². The highest BCUT2D eigenvalue weighted by Gasteiger charge is 2.22. The van der Waals surface area contributed by atoms with E-state index in [9.17, 15) is 9.59 Å². The van der Waals surface area contributed by atoms with Crippen molar-refractivity contribution >= 4 is 17.5 Å². The second-order valence-corrected chi connectivity index (χ2v) is 4.55. The van der Waals surface area contributed by atoms with Crippen LogP contribution in [0.15, 0.2) is 18.5 Å². The molecule has 0 fully saturated rings. The van der Waals surface area contributed by atoms with Gasteiger partial charge in [-0.15, -0.1) is 0 Å². The Morgan fingerprint density at radius 1 is 1.50 bits per heavy atom. The van der Waals surface area contributed by atoms with Gasteiger partial charge in [0.25, 0.3) is 5.91 Å². The lowest BCUT2D eigenvalue weighted by Gasteiger charge is -2.12. The number of rotatable bonds is 5. The molecule has 0 aliphatic rings. The predicted molar refractivity (Wildman–Crippen MR) is 71.5 cm³/mol. The molecular formula is C13H16N4O3. The number of hydrogen-bond donors (Lipinski definition) is 2. The Morgan fingerprint density at radius 2 is 2.25 bits per heavy atom. The van der Waals surface area contributed by atoms with Crippen LogP contribution in [0.3, 0.4) is 0 Å². The van der Waals surface area contributed by atoms with Gasteiger partial charge >= 0.3 is 5.97 Å². The Balaban J connectivity index is 2.27. The number of nitrogens with one attached hydrogen (secondary N) is 1. The summed E-state index contributed by atoms with van der Waals surface area (Å²) in [7, 11) is 0. The van der Waals surface area contributed by atoms with Gasteiger partial charge in [0.05, 0.1) is 6.20 Å². The Bertz CT molecular complexity index is 650. The van der Waals surface area contributed by atoms with Gasteiger partial charge in [0, 0.05) is 11.9 Å². The Hall–Kier alpha value is -2.44. The van der Waals surface area contributed by atoms with Gasteiger partial charge in [0.15, 0.2) is 5.65 Å². The van der Waals surface area contributed by atoms with E-state index in [1.807, 2.05) is 13.8 Å². The smallest absolute Gasteiger partial charge is 0.326 e. The number of carbonyl (C=O) groups excluding carboxylic acids is 1. The van der Waals surface area contributed by atoms with Crippen molar-refractivity contribution < 1.29 is 14.7 Å². The van der Waals surface area contributed by atoms with Crippen molar-refractivity contribution in [1.82, 2.24) is 19.9 Å². The normalized spacial score (nSPS) is 12.3. The third-order valence-corrected chi connectivity index (χ3v) is 2.93. The molecule has 2 N–H and O–H groups in total. The van der Waals surface area contributed by atoms with Crippen molar-refractivity contribution in [2.75, 3.05) is 0 Å². The first-order chi connectivity index (χ1) is 9.52. The second-order valence-electron chi connectivity index (χ2n) is 4.55. The lowest BCUT2D eigenvalue weighted by Crippen LogP contribution is -2.40. The van der Waals surface area contributed by atoms with Gasteiger partial charge in [-0.2, -0.15) is 5.10 Å². The van der Waals surface area contributed by atoms with Gasteiger partial charge < -0.3 is 10.4 Å². The molecular weight excluding hydrogens is 260 g/mol. The van der Waals surface area contributed by atoms with Crippen molar-refractivity contribution in [3.05, 3.63) is 29.7 Å². The van der Waals surface area contributed by atoms with E-state index in [-0.39, 0.29) is 5.56 Å². The number of fused-ring (bicyclic) bond motifs is 1. The van der Waals surface area contributed by atoms with Gasteiger partial charge in [-0.1, -0.05) is 13.3 Å². The zero-order valence-corrected chi connectivity index (χ0v) is 11.3. The molecule has 0 bridgehead atoms. The van der Waals surface area contributed by atoms with E-state index in [2.05, 4.69) is 15.4 Å². The molecule has 2 rings (SSSR count). The first-order valence-electron chi connectivity index (χ1n) is 6.37. The van der Waals surface area contributed by atoms with Crippen LogP contribution in [-0.2, 0) is 4.79 Å². The molecule has 0 spiro atoms. The summed E-state index contributed by atoms with van der Waals surface area (Å²) < 4.78 is 1.48. The Labute approximate surface area is 115 Å². The number of aromatic nitrogens is 3. The number of amides is 1. The number of carboxylic acids is 1. The van der Waals surface area contributed by atoms with Crippen LogP contribution in [-0.4, -0.2) is 37.6 Å². The van der Waals surface area contributed by atoms with Crippen LogP contribution in [0.25, 0.3) is 5.65 Å². The number of hydrogen-bond acceptors (Lipinski definition) is 4. The molecule has 0 saturated carbocycles. The van der Waals surface area contributed by atoms with Crippen LogP contribution in [0.2, 0.25) is 0 Å². The van der Waals surface area contributed by atoms with Crippen molar-refractivity contribution in [2.45, 2.75) is 32.7 Å². The molecule has 0 aliphatic heterocycles. The molecule has 1 atom stereocenters. The van der Waals surface area contributed by atoms with Gasteiger partial charge in [0.1, 0.15) is 11.6 Å². The number of aliphatic carboxylic acids is 1. The van der Waals surface area contributed by atoms with E-state index in [0.29, 0.717) is 18.5 Å². The van der Waals surface area contributed by atoms with E-state index in [1.165, 1.54) is 10.7 Å². The molecule has 7 nitrogen and oxygen atoms in total. The summed E-state index contributed by atoms with van der Waals surface area (Å²) >= 11 is 0. The van der Waals surface area contributed by atoms with Crippen LogP contribution in [0.4, 0.5) is 0 Å². The third kappa shape index (κ3) is 2.76. The van der Waals surface area contributed by atoms with Gasteiger partial charge in [0.2, 0.25) is 0 Å². The zero-order valence-electron chi connectivity index (χ0n) is 11.3. The fourth-order valence-corrected chi connectivity index (χ4v) is 1.90. The highest BCUT2D eigenvalue weighted by molar-refractivity contribution is 6.01.